The minimum atomic E-state index is 0.281. The van der Waals surface area contributed by atoms with E-state index < -0.39 is 0 Å². The molecular weight excluding hydrogens is 178 g/mol. The van der Waals surface area contributed by atoms with Gasteiger partial charge in [0.15, 0.2) is 0 Å². The van der Waals surface area contributed by atoms with Crippen LogP contribution in [0, 0.1) is 12.8 Å². The van der Waals surface area contributed by atoms with Gasteiger partial charge in [-0.15, -0.1) is 0 Å². The summed E-state index contributed by atoms with van der Waals surface area (Å²) in [6, 6.07) is 0. The van der Waals surface area contributed by atoms with Crippen molar-refractivity contribution in [1.82, 2.24) is 9.97 Å². The largest absolute Gasteiger partial charge is 0.396 e. The van der Waals surface area contributed by atoms with Crippen LogP contribution < -0.4 is 4.90 Å². The molecule has 2 heterocycles. The van der Waals surface area contributed by atoms with Crippen LogP contribution in [-0.4, -0.2) is 34.8 Å². The number of nitrogens with zero attached hydrogens (tertiary/aromatic N) is 3. The maximum atomic E-state index is 9.02. The molecule has 0 spiro atoms. The van der Waals surface area contributed by atoms with Crippen molar-refractivity contribution in [3.05, 3.63) is 18.2 Å². The first-order valence-corrected chi connectivity index (χ1v) is 4.94. The molecule has 1 aliphatic heterocycles. The Hall–Kier alpha value is -1.16. The number of aryl methyl sites for hydroxylation is 1. The van der Waals surface area contributed by atoms with E-state index in [1.807, 2.05) is 19.3 Å². The molecule has 0 aromatic carbocycles. The summed E-state index contributed by atoms with van der Waals surface area (Å²) in [7, 11) is 0. The van der Waals surface area contributed by atoms with Gasteiger partial charge in [0.2, 0.25) is 0 Å². The van der Waals surface area contributed by atoms with Crippen LogP contribution in [0.15, 0.2) is 12.4 Å². The summed E-state index contributed by atoms with van der Waals surface area (Å²) in [5.74, 6) is 1.21. The van der Waals surface area contributed by atoms with Gasteiger partial charge in [0.1, 0.15) is 5.82 Å². The Bertz CT molecular complexity index is 299. The van der Waals surface area contributed by atoms with Gasteiger partial charge in [0.25, 0.3) is 0 Å². The van der Waals surface area contributed by atoms with Gasteiger partial charge in [-0.05, 0) is 13.3 Å². The fourth-order valence-electron chi connectivity index (χ4n) is 1.77. The van der Waals surface area contributed by atoms with Gasteiger partial charge in [-0.1, -0.05) is 0 Å². The number of rotatable bonds is 2. The third kappa shape index (κ3) is 1.85. The lowest BCUT2D eigenvalue weighted by molar-refractivity contribution is 0.238. The third-order valence-electron chi connectivity index (χ3n) is 2.68. The van der Waals surface area contributed by atoms with Crippen molar-refractivity contribution in [1.29, 1.82) is 0 Å². The van der Waals surface area contributed by atoms with Crippen molar-refractivity contribution in [2.75, 3.05) is 24.6 Å². The molecule has 0 aliphatic carbocycles. The maximum Gasteiger partial charge on any atom is 0.125 e. The fourth-order valence-corrected chi connectivity index (χ4v) is 1.77. The van der Waals surface area contributed by atoms with Crippen molar-refractivity contribution < 1.29 is 5.11 Å². The second-order valence-corrected chi connectivity index (χ2v) is 3.77. The monoisotopic (exact) mass is 193 g/mol. The molecule has 0 saturated carbocycles. The number of aromatic nitrogens is 2. The first-order chi connectivity index (χ1) is 6.79. The van der Waals surface area contributed by atoms with Crippen LogP contribution in [0.4, 0.5) is 5.69 Å². The fraction of sp³-hybridized carbons (Fsp3) is 0.600. The summed E-state index contributed by atoms with van der Waals surface area (Å²) in [6.07, 6.45) is 4.76. The van der Waals surface area contributed by atoms with E-state index in [1.54, 1.807) is 0 Å². The minimum absolute atomic E-state index is 0.281. The molecule has 4 heteroatoms. The van der Waals surface area contributed by atoms with Crippen molar-refractivity contribution in [3.8, 4) is 0 Å². The number of hydrogen-bond donors (Lipinski definition) is 1. The average Bonchev–Trinajstić information content (AvgIpc) is 2.67. The quantitative estimate of drug-likeness (QED) is 0.747. The summed E-state index contributed by atoms with van der Waals surface area (Å²) in [5.41, 5.74) is 1.06. The molecule has 0 amide bonds. The Morgan fingerprint density at radius 1 is 1.50 bits per heavy atom. The summed E-state index contributed by atoms with van der Waals surface area (Å²) in [4.78, 5) is 10.5. The Balaban J connectivity index is 2.06. The molecule has 0 bridgehead atoms. The van der Waals surface area contributed by atoms with Gasteiger partial charge in [-0.25, -0.2) is 9.97 Å². The highest BCUT2D eigenvalue weighted by atomic mass is 16.3. The van der Waals surface area contributed by atoms with Crippen LogP contribution in [0.3, 0.4) is 0 Å². The Morgan fingerprint density at radius 3 is 2.79 bits per heavy atom. The number of aliphatic hydroxyl groups is 1. The molecule has 1 aliphatic rings. The Morgan fingerprint density at radius 2 is 2.21 bits per heavy atom. The van der Waals surface area contributed by atoms with Crippen molar-refractivity contribution in [2.45, 2.75) is 13.3 Å². The van der Waals surface area contributed by atoms with E-state index in [4.69, 9.17) is 5.11 Å². The molecule has 2 rings (SSSR count). The zero-order valence-electron chi connectivity index (χ0n) is 8.35. The van der Waals surface area contributed by atoms with E-state index in [0.29, 0.717) is 5.92 Å². The topological polar surface area (TPSA) is 49.2 Å². The zero-order chi connectivity index (χ0) is 9.97. The molecule has 1 N–H and O–H groups in total. The first-order valence-electron chi connectivity index (χ1n) is 4.94. The smallest absolute Gasteiger partial charge is 0.125 e. The van der Waals surface area contributed by atoms with Gasteiger partial charge < -0.3 is 10.0 Å². The number of anilines is 1. The Labute approximate surface area is 83.6 Å². The van der Waals surface area contributed by atoms with Crippen LogP contribution in [0.5, 0.6) is 0 Å². The summed E-state index contributed by atoms with van der Waals surface area (Å²) < 4.78 is 0. The van der Waals surface area contributed by atoms with Crippen molar-refractivity contribution in [3.63, 3.8) is 0 Å². The molecular formula is C10H15N3O. The highest BCUT2D eigenvalue weighted by Gasteiger charge is 2.21. The molecule has 4 nitrogen and oxygen atoms in total. The minimum Gasteiger partial charge on any atom is -0.396 e. The SMILES string of the molecule is Cc1ncc(N2CCC(CO)C2)cn1. The summed E-state index contributed by atoms with van der Waals surface area (Å²) in [5, 5.41) is 9.02. The molecule has 14 heavy (non-hydrogen) atoms. The predicted octanol–water partition coefficient (Wildman–Crippen LogP) is 0.604. The number of hydrogen-bond acceptors (Lipinski definition) is 4. The Kier molecular flexibility index (Phi) is 2.63. The highest BCUT2D eigenvalue weighted by molar-refractivity contribution is 5.42. The lowest BCUT2D eigenvalue weighted by Gasteiger charge is -2.17. The van der Waals surface area contributed by atoms with E-state index in [0.717, 1.165) is 31.0 Å². The van der Waals surface area contributed by atoms with Gasteiger partial charge in [-0.3, -0.25) is 0 Å². The van der Waals surface area contributed by atoms with Crippen LogP contribution >= 0.6 is 0 Å². The van der Waals surface area contributed by atoms with E-state index in [1.165, 1.54) is 0 Å². The third-order valence-corrected chi connectivity index (χ3v) is 2.68. The molecule has 1 aromatic heterocycles. The van der Waals surface area contributed by atoms with Gasteiger partial charge in [0.05, 0.1) is 18.1 Å². The molecule has 1 aromatic rings. The lowest BCUT2D eigenvalue weighted by Crippen LogP contribution is -2.20. The molecule has 0 radical (unpaired) electrons. The zero-order valence-corrected chi connectivity index (χ0v) is 8.35. The molecule has 1 fully saturated rings. The average molecular weight is 193 g/mol. The molecule has 76 valence electrons. The van der Waals surface area contributed by atoms with E-state index in [-0.39, 0.29) is 6.61 Å². The first kappa shape index (κ1) is 9.40. The van der Waals surface area contributed by atoms with Gasteiger partial charge in [-0.2, -0.15) is 0 Å². The van der Waals surface area contributed by atoms with Gasteiger partial charge >= 0.3 is 0 Å². The normalized spacial score (nSPS) is 21.6. The van der Waals surface area contributed by atoms with Gasteiger partial charge in [0, 0.05) is 25.6 Å². The number of aliphatic hydroxyl groups excluding tert-OH is 1. The van der Waals surface area contributed by atoms with Crippen LogP contribution in [0.2, 0.25) is 0 Å². The van der Waals surface area contributed by atoms with Crippen molar-refractivity contribution in [2.24, 2.45) is 5.92 Å². The van der Waals surface area contributed by atoms with Crippen LogP contribution in [-0.2, 0) is 0 Å². The predicted molar refractivity (Wildman–Crippen MR) is 54.2 cm³/mol. The van der Waals surface area contributed by atoms with Crippen LogP contribution in [0.1, 0.15) is 12.2 Å². The summed E-state index contributed by atoms with van der Waals surface area (Å²) >= 11 is 0. The van der Waals surface area contributed by atoms with Crippen LogP contribution in [0.25, 0.3) is 0 Å². The molecule has 1 unspecified atom stereocenters. The van der Waals surface area contributed by atoms with E-state index in [2.05, 4.69) is 14.9 Å². The molecule has 1 atom stereocenters. The highest BCUT2D eigenvalue weighted by Crippen LogP contribution is 2.21. The maximum absolute atomic E-state index is 9.02. The standard InChI is InChI=1S/C10H15N3O/c1-8-11-4-10(5-12-8)13-3-2-9(6-13)7-14/h4-5,9,14H,2-3,6-7H2,1H3. The molecule has 1 saturated heterocycles. The second kappa shape index (κ2) is 3.92. The summed E-state index contributed by atoms with van der Waals surface area (Å²) in [6.45, 7) is 4.08. The van der Waals surface area contributed by atoms with E-state index >= 15 is 0 Å². The lowest BCUT2D eigenvalue weighted by atomic mass is 10.1. The van der Waals surface area contributed by atoms with E-state index in [9.17, 15) is 0 Å². The van der Waals surface area contributed by atoms with Crippen molar-refractivity contribution >= 4 is 5.69 Å². The second-order valence-electron chi connectivity index (χ2n) is 3.77.